The lowest BCUT2D eigenvalue weighted by Crippen LogP contribution is -2.27. The Bertz CT molecular complexity index is 376. The summed E-state index contributed by atoms with van der Waals surface area (Å²) in [5, 5.41) is 3.31. The normalized spacial score (nSPS) is 12.5. The fraction of sp³-hybridized carbons (Fsp3) is 0.625. The molecule has 0 bridgehead atoms. The summed E-state index contributed by atoms with van der Waals surface area (Å²) in [6, 6.07) is 6.67. The molecule has 5 heteroatoms. The Labute approximate surface area is 126 Å². The molecule has 0 aliphatic heterocycles. The number of methoxy groups -OCH3 is 1. The van der Waals surface area contributed by atoms with Gasteiger partial charge in [0.05, 0.1) is 39.1 Å². The van der Waals surface area contributed by atoms with E-state index in [1.165, 1.54) is 6.07 Å². The molecule has 0 saturated carbocycles. The first-order chi connectivity index (χ1) is 10.3. The van der Waals surface area contributed by atoms with Crippen molar-refractivity contribution in [1.82, 2.24) is 5.32 Å². The lowest BCUT2D eigenvalue weighted by molar-refractivity contribution is 0.0191. The number of rotatable bonds is 12. The van der Waals surface area contributed by atoms with Crippen LogP contribution >= 0.6 is 0 Å². The van der Waals surface area contributed by atoms with Crippen LogP contribution in [0.5, 0.6) is 0 Å². The molecule has 0 radical (unpaired) electrons. The summed E-state index contributed by atoms with van der Waals surface area (Å²) in [4.78, 5) is 0. The molecule has 4 nitrogen and oxygen atoms in total. The van der Waals surface area contributed by atoms with Crippen molar-refractivity contribution in [3.8, 4) is 0 Å². The van der Waals surface area contributed by atoms with E-state index in [2.05, 4.69) is 12.2 Å². The second kappa shape index (κ2) is 11.6. The number of nitrogens with one attached hydrogen (secondary N) is 1. The van der Waals surface area contributed by atoms with E-state index in [0.717, 1.165) is 13.0 Å². The Hall–Kier alpha value is -1.01. The quantitative estimate of drug-likeness (QED) is 0.602. The molecule has 1 rings (SSSR count). The monoisotopic (exact) mass is 299 g/mol. The van der Waals surface area contributed by atoms with Gasteiger partial charge in [-0.2, -0.15) is 0 Å². The zero-order chi connectivity index (χ0) is 15.3. The fourth-order valence-corrected chi connectivity index (χ4v) is 1.90. The van der Waals surface area contributed by atoms with Crippen molar-refractivity contribution in [3.05, 3.63) is 35.6 Å². The Morgan fingerprint density at radius 2 is 1.81 bits per heavy atom. The van der Waals surface area contributed by atoms with Gasteiger partial charge in [-0.05, 0) is 19.0 Å². The van der Waals surface area contributed by atoms with E-state index in [-0.39, 0.29) is 11.9 Å². The molecule has 1 aromatic carbocycles. The van der Waals surface area contributed by atoms with Crippen LogP contribution in [0.25, 0.3) is 0 Å². The predicted molar refractivity (Wildman–Crippen MR) is 80.9 cm³/mol. The second-order valence-electron chi connectivity index (χ2n) is 4.71. The number of hydrogen-bond donors (Lipinski definition) is 1. The molecule has 0 spiro atoms. The molecular formula is C16H26FNO3. The van der Waals surface area contributed by atoms with E-state index in [0.29, 0.717) is 38.6 Å². The topological polar surface area (TPSA) is 39.7 Å². The van der Waals surface area contributed by atoms with Crippen LogP contribution in [0.1, 0.15) is 24.9 Å². The number of benzene rings is 1. The van der Waals surface area contributed by atoms with Crippen LogP contribution in [0.4, 0.5) is 4.39 Å². The lowest BCUT2D eigenvalue weighted by atomic mass is 10.1. The Kier molecular flexibility index (Phi) is 9.99. The minimum atomic E-state index is -0.203. The van der Waals surface area contributed by atoms with Gasteiger partial charge in [-0.1, -0.05) is 25.1 Å². The van der Waals surface area contributed by atoms with E-state index in [1.54, 1.807) is 19.2 Å². The molecule has 1 atom stereocenters. The van der Waals surface area contributed by atoms with Crippen molar-refractivity contribution in [2.45, 2.75) is 19.4 Å². The summed E-state index contributed by atoms with van der Waals surface area (Å²) >= 11 is 0. The second-order valence-corrected chi connectivity index (χ2v) is 4.71. The molecule has 0 heterocycles. The van der Waals surface area contributed by atoms with Gasteiger partial charge in [0.15, 0.2) is 0 Å². The van der Waals surface area contributed by atoms with Gasteiger partial charge in [0.2, 0.25) is 0 Å². The molecule has 21 heavy (non-hydrogen) atoms. The maximum atomic E-state index is 13.8. The van der Waals surface area contributed by atoms with E-state index >= 15 is 0 Å². The van der Waals surface area contributed by atoms with E-state index < -0.39 is 0 Å². The fourth-order valence-electron chi connectivity index (χ4n) is 1.90. The van der Waals surface area contributed by atoms with Crippen LogP contribution in [-0.4, -0.2) is 46.7 Å². The van der Waals surface area contributed by atoms with Crippen LogP contribution in [0.15, 0.2) is 24.3 Å². The summed E-state index contributed by atoms with van der Waals surface area (Å²) in [7, 11) is 1.64. The van der Waals surface area contributed by atoms with Gasteiger partial charge in [0.25, 0.3) is 0 Å². The summed E-state index contributed by atoms with van der Waals surface area (Å²) in [6.07, 6.45) is 0.991. The van der Waals surface area contributed by atoms with E-state index in [1.807, 2.05) is 6.07 Å². The molecule has 0 saturated heterocycles. The summed E-state index contributed by atoms with van der Waals surface area (Å²) in [5.41, 5.74) is 0.645. The molecular weight excluding hydrogens is 273 g/mol. The van der Waals surface area contributed by atoms with Gasteiger partial charge >= 0.3 is 0 Å². The third-order valence-corrected chi connectivity index (χ3v) is 3.01. The molecule has 0 fully saturated rings. The van der Waals surface area contributed by atoms with Crippen LogP contribution in [0.3, 0.4) is 0 Å². The highest BCUT2D eigenvalue weighted by Gasteiger charge is 2.14. The Morgan fingerprint density at radius 3 is 2.52 bits per heavy atom. The highest BCUT2D eigenvalue weighted by molar-refractivity contribution is 5.21. The zero-order valence-corrected chi connectivity index (χ0v) is 12.9. The SMILES string of the molecule is CCCNC(COCCOCCOC)c1ccccc1F. The molecule has 0 aliphatic carbocycles. The maximum absolute atomic E-state index is 13.8. The Morgan fingerprint density at radius 1 is 1.10 bits per heavy atom. The van der Waals surface area contributed by atoms with Crippen LogP contribution in [-0.2, 0) is 14.2 Å². The number of hydrogen-bond acceptors (Lipinski definition) is 4. The van der Waals surface area contributed by atoms with Crippen molar-refractivity contribution in [2.75, 3.05) is 46.7 Å². The minimum absolute atomic E-state index is 0.134. The zero-order valence-electron chi connectivity index (χ0n) is 12.9. The van der Waals surface area contributed by atoms with Gasteiger partial charge in [-0.15, -0.1) is 0 Å². The molecule has 0 aliphatic rings. The number of ether oxygens (including phenoxy) is 3. The molecule has 1 unspecified atom stereocenters. The van der Waals surface area contributed by atoms with E-state index in [9.17, 15) is 4.39 Å². The van der Waals surface area contributed by atoms with Gasteiger partial charge < -0.3 is 19.5 Å². The van der Waals surface area contributed by atoms with Crippen molar-refractivity contribution in [1.29, 1.82) is 0 Å². The standard InChI is InChI=1S/C16H26FNO3/c1-3-8-18-16(14-6-4-5-7-15(14)17)13-21-12-11-20-10-9-19-2/h4-7,16,18H,3,8-13H2,1-2H3. The molecule has 120 valence electrons. The first-order valence-electron chi connectivity index (χ1n) is 7.41. The lowest BCUT2D eigenvalue weighted by Gasteiger charge is -2.19. The third-order valence-electron chi connectivity index (χ3n) is 3.01. The smallest absolute Gasteiger partial charge is 0.128 e. The van der Waals surface area contributed by atoms with Gasteiger partial charge in [-0.25, -0.2) is 4.39 Å². The van der Waals surface area contributed by atoms with Gasteiger partial charge in [0.1, 0.15) is 5.82 Å². The van der Waals surface area contributed by atoms with E-state index in [4.69, 9.17) is 14.2 Å². The summed E-state index contributed by atoms with van der Waals surface area (Å²) < 4.78 is 29.6. The predicted octanol–water partition coefficient (Wildman–Crippen LogP) is 2.55. The largest absolute Gasteiger partial charge is 0.382 e. The Balaban J connectivity index is 2.35. The average molecular weight is 299 g/mol. The first-order valence-corrected chi connectivity index (χ1v) is 7.41. The highest BCUT2D eigenvalue weighted by atomic mass is 19.1. The van der Waals surface area contributed by atoms with Crippen LogP contribution in [0, 0.1) is 5.82 Å². The van der Waals surface area contributed by atoms with Crippen molar-refractivity contribution in [3.63, 3.8) is 0 Å². The third kappa shape index (κ3) is 7.52. The average Bonchev–Trinajstić information content (AvgIpc) is 2.50. The van der Waals surface area contributed by atoms with Crippen LogP contribution in [0.2, 0.25) is 0 Å². The van der Waals surface area contributed by atoms with Crippen molar-refractivity contribution >= 4 is 0 Å². The van der Waals surface area contributed by atoms with Crippen LogP contribution < -0.4 is 5.32 Å². The van der Waals surface area contributed by atoms with Gasteiger partial charge in [-0.3, -0.25) is 0 Å². The van der Waals surface area contributed by atoms with Crippen molar-refractivity contribution in [2.24, 2.45) is 0 Å². The molecule has 0 aromatic heterocycles. The molecule has 0 amide bonds. The minimum Gasteiger partial charge on any atom is -0.382 e. The van der Waals surface area contributed by atoms with Crippen molar-refractivity contribution < 1.29 is 18.6 Å². The van der Waals surface area contributed by atoms with Gasteiger partial charge in [0, 0.05) is 12.7 Å². The highest BCUT2D eigenvalue weighted by Crippen LogP contribution is 2.17. The maximum Gasteiger partial charge on any atom is 0.128 e. The summed E-state index contributed by atoms with van der Waals surface area (Å²) in [5.74, 6) is -0.203. The number of halogens is 1. The first kappa shape index (κ1) is 18.0. The molecule has 1 aromatic rings. The summed E-state index contributed by atoms with van der Waals surface area (Å²) in [6.45, 7) is 5.47. The molecule has 1 N–H and O–H groups in total.